The van der Waals surface area contributed by atoms with Gasteiger partial charge in [0.2, 0.25) is 0 Å². The third-order valence-electron chi connectivity index (χ3n) is 3.93. The van der Waals surface area contributed by atoms with Crippen LogP contribution in [0.2, 0.25) is 15.1 Å². The van der Waals surface area contributed by atoms with Crippen LogP contribution in [0.1, 0.15) is 0 Å². The standard InChI is InChI=1S/C18H12Cl3OSi.O.V/c19-13-1-7-16(8-2-13)23(22,17-9-3-14(20)4-10-17)18-11-5-15(21)6-12-18;;/h1-12H;;/q-1;;+1. The molecule has 0 bridgehead atoms. The second kappa shape index (κ2) is 8.19. The van der Waals surface area contributed by atoms with E-state index in [4.69, 9.17) is 38.2 Å². The van der Waals surface area contributed by atoms with Gasteiger partial charge in [0.1, 0.15) is 0 Å². The van der Waals surface area contributed by atoms with Gasteiger partial charge in [-0.2, -0.15) is 0 Å². The van der Waals surface area contributed by atoms with Crippen molar-refractivity contribution < 1.29 is 23.6 Å². The molecule has 0 aliphatic carbocycles. The van der Waals surface area contributed by atoms with Gasteiger partial charge in [0.25, 0.3) is 0 Å². The Hall–Kier alpha value is -0.909. The summed E-state index contributed by atoms with van der Waals surface area (Å²) in [7, 11) is -2.94. The van der Waals surface area contributed by atoms with Gasteiger partial charge in [-0.1, -0.05) is 0 Å². The Labute approximate surface area is 169 Å². The summed E-state index contributed by atoms with van der Waals surface area (Å²) in [5, 5.41) is 4.76. The molecule has 0 heterocycles. The summed E-state index contributed by atoms with van der Waals surface area (Å²) >= 11 is 16.6. The predicted molar refractivity (Wildman–Crippen MR) is 101 cm³/mol. The first kappa shape index (κ1) is 18.9. The van der Waals surface area contributed by atoms with Crippen molar-refractivity contribution in [3.8, 4) is 0 Å². The second-order valence-electron chi connectivity index (χ2n) is 5.37. The summed E-state index contributed by atoms with van der Waals surface area (Å²) in [5.74, 6) is 0. The SMILES string of the molecule is [O]=[V][O][Si](c1ccc(Cl)cc1)(c1ccc(Cl)cc1)c1ccc(Cl)cc1. The summed E-state index contributed by atoms with van der Waals surface area (Å²) in [6.45, 7) is 0. The zero-order valence-corrected chi connectivity index (χ0v) is 17.5. The van der Waals surface area contributed by atoms with E-state index in [1.54, 1.807) is 0 Å². The van der Waals surface area contributed by atoms with E-state index in [9.17, 15) is 3.67 Å². The Morgan fingerprint density at radius 2 is 0.880 bits per heavy atom. The average molecular weight is 446 g/mol. The first-order valence-corrected chi connectivity index (χ1v) is 11.5. The van der Waals surface area contributed by atoms with E-state index in [1.807, 2.05) is 72.8 Å². The fraction of sp³-hybridized carbons (Fsp3) is 0. The van der Waals surface area contributed by atoms with Crippen LogP contribution in [0.15, 0.2) is 72.8 Å². The molecule has 0 atom stereocenters. The van der Waals surface area contributed by atoms with Crippen LogP contribution in [0.3, 0.4) is 0 Å². The number of halogens is 3. The summed E-state index contributed by atoms with van der Waals surface area (Å²) in [4.78, 5) is 0. The molecule has 0 fully saturated rings. The van der Waals surface area contributed by atoms with E-state index in [0.29, 0.717) is 15.1 Å². The fourth-order valence-corrected chi connectivity index (χ4v) is 8.49. The van der Waals surface area contributed by atoms with Crippen molar-refractivity contribution in [1.82, 2.24) is 0 Å². The maximum absolute atomic E-state index is 11.7. The molecule has 0 spiro atoms. The Bertz CT molecular complexity index is 757. The molecule has 126 valence electrons. The third-order valence-corrected chi connectivity index (χ3v) is 10.1. The van der Waals surface area contributed by atoms with E-state index in [1.165, 1.54) is 0 Å². The van der Waals surface area contributed by atoms with Crippen molar-refractivity contribution in [3.63, 3.8) is 0 Å². The zero-order valence-electron chi connectivity index (χ0n) is 12.8. The molecule has 0 aliphatic rings. The summed E-state index contributed by atoms with van der Waals surface area (Å²) in [6.07, 6.45) is 0. The van der Waals surface area contributed by atoms with Crippen LogP contribution in [0.25, 0.3) is 0 Å². The Morgan fingerprint density at radius 1 is 0.600 bits per heavy atom. The number of hydrogen-bond acceptors (Lipinski definition) is 2. The topological polar surface area (TPSA) is 26.3 Å². The molecular formula is C18H12Cl3O2SiV. The van der Waals surface area contributed by atoms with Crippen LogP contribution in [0.5, 0.6) is 0 Å². The van der Waals surface area contributed by atoms with E-state index in [2.05, 4.69) is 0 Å². The van der Waals surface area contributed by atoms with Crippen molar-refractivity contribution in [1.29, 1.82) is 0 Å². The molecule has 0 amide bonds. The van der Waals surface area contributed by atoms with Gasteiger partial charge in [-0.3, -0.25) is 0 Å². The molecule has 0 radical (unpaired) electrons. The quantitative estimate of drug-likeness (QED) is 0.439. The van der Waals surface area contributed by atoms with Crippen LogP contribution in [0.4, 0.5) is 0 Å². The van der Waals surface area contributed by atoms with Gasteiger partial charge in [0.05, 0.1) is 0 Å². The van der Waals surface area contributed by atoms with Crippen LogP contribution in [-0.2, 0) is 23.6 Å². The van der Waals surface area contributed by atoms with Gasteiger partial charge >= 0.3 is 170 Å². The van der Waals surface area contributed by atoms with Crippen molar-refractivity contribution in [2.75, 3.05) is 0 Å². The number of rotatable bonds is 5. The third kappa shape index (κ3) is 3.94. The first-order chi connectivity index (χ1) is 12.1. The molecule has 0 aromatic heterocycles. The zero-order chi connectivity index (χ0) is 17.9. The molecular weight excluding hydrogens is 434 g/mol. The molecule has 25 heavy (non-hydrogen) atoms. The minimum absolute atomic E-state index is 0.634. The predicted octanol–water partition coefficient (Wildman–Crippen LogP) is 3.97. The van der Waals surface area contributed by atoms with E-state index >= 15 is 0 Å². The van der Waals surface area contributed by atoms with Crippen molar-refractivity contribution in [2.24, 2.45) is 0 Å². The molecule has 3 aromatic carbocycles. The van der Waals surface area contributed by atoms with Gasteiger partial charge in [0.15, 0.2) is 0 Å². The molecule has 2 nitrogen and oxygen atoms in total. The van der Waals surface area contributed by atoms with Crippen LogP contribution in [-0.4, -0.2) is 8.32 Å². The minimum atomic E-state index is -2.94. The van der Waals surface area contributed by atoms with Gasteiger partial charge in [-0.05, 0) is 0 Å². The molecule has 0 saturated carbocycles. The van der Waals surface area contributed by atoms with Gasteiger partial charge < -0.3 is 0 Å². The van der Waals surface area contributed by atoms with E-state index in [-0.39, 0.29) is 0 Å². The van der Waals surface area contributed by atoms with Crippen LogP contribution >= 0.6 is 34.8 Å². The molecule has 0 saturated heterocycles. The molecule has 3 rings (SSSR count). The average Bonchev–Trinajstić information content (AvgIpc) is 2.62. The number of hydrogen-bond donors (Lipinski definition) is 0. The van der Waals surface area contributed by atoms with Crippen molar-refractivity contribution >= 4 is 58.7 Å². The van der Waals surface area contributed by atoms with Gasteiger partial charge in [-0.15, -0.1) is 0 Å². The fourth-order valence-electron chi connectivity index (χ4n) is 2.77. The number of benzene rings is 3. The van der Waals surface area contributed by atoms with Crippen LogP contribution < -0.4 is 15.6 Å². The maximum atomic E-state index is 11.7. The van der Waals surface area contributed by atoms with Crippen molar-refractivity contribution in [3.05, 3.63) is 87.9 Å². The van der Waals surface area contributed by atoms with Gasteiger partial charge in [-0.25, -0.2) is 0 Å². The summed E-state index contributed by atoms with van der Waals surface area (Å²) in [5.41, 5.74) is 0. The van der Waals surface area contributed by atoms with E-state index in [0.717, 1.165) is 15.6 Å². The normalized spacial score (nSPS) is 11.3. The monoisotopic (exact) mass is 444 g/mol. The Balaban J connectivity index is 2.30. The molecule has 0 N–H and O–H groups in total. The summed E-state index contributed by atoms with van der Waals surface area (Å²) in [6, 6.07) is 22.4. The van der Waals surface area contributed by atoms with Crippen molar-refractivity contribution in [2.45, 2.75) is 0 Å². The Morgan fingerprint density at radius 3 is 1.12 bits per heavy atom. The van der Waals surface area contributed by atoms with E-state index < -0.39 is 24.9 Å². The van der Waals surface area contributed by atoms with Gasteiger partial charge in [0, 0.05) is 0 Å². The molecule has 3 aromatic rings. The Kier molecular flexibility index (Phi) is 6.18. The molecule has 0 aliphatic heterocycles. The molecule has 0 unspecified atom stereocenters. The second-order valence-corrected chi connectivity index (χ2v) is 11.0. The molecule has 7 heteroatoms. The first-order valence-electron chi connectivity index (χ1n) is 7.35. The van der Waals surface area contributed by atoms with Crippen LogP contribution in [0, 0.1) is 0 Å². The summed E-state index contributed by atoms with van der Waals surface area (Å²) < 4.78 is 17.7.